The number of hydrogen-bond donors (Lipinski definition) is 0. The third kappa shape index (κ3) is 4.03. The number of esters is 1. The van der Waals surface area contributed by atoms with Crippen LogP contribution in [0.15, 0.2) is 72.8 Å². The van der Waals surface area contributed by atoms with Crippen LogP contribution >= 0.6 is 0 Å². The summed E-state index contributed by atoms with van der Waals surface area (Å²) in [5.41, 5.74) is 4.39. The zero-order valence-corrected chi connectivity index (χ0v) is 18.6. The van der Waals surface area contributed by atoms with Crippen LogP contribution in [0.4, 0.5) is 5.69 Å². The van der Waals surface area contributed by atoms with E-state index in [1.165, 1.54) is 24.3 Å². The van der Waals surface area contributed by atoms with Gasteiger partial charge in [-0.1, -0.05) is 54.6 Å². The standard InChI is InChI=1S/C25H23NO5S/c1-3-31-25(28)17-9-8-10-18(15-17)26(32(2,29)30)24(27)16-23-21-13-6-4-11-19(21)20-12-5-7-14-22(20)23/h4-15,23H,3,16H2,1-2H3. The fraction of sp³-hybridized carbons (Fsp3) is 0.200. The number of nitrogens with zero attached hydrogens (tertiary/aromatic N) is 1. The zero-order chi connectivity index (χ0) is 22.9. The second kappa shape index (κ2) is 8.59. The Bertz CT molecular complexity index is 1250. The van der Waals surface area contributed by atoms with E-state index in [0.717, 1.165) is 32.8 Å². The molecule has 32 heavy (non-hydrogen) atoms. The number of carbonyl (C=O) groups excluding carboxylic acids is 2. The van der Waals surface area contributed by atoms with E-state index in [2.05, 4.69) is 0 Å². The van der Waals surface area contributed by atoms with E-state index in [0.29, 0.717) is 0 Å². The van der Waals surface area contributed by atoms with E-state index >= 15 is 0 Å². The SMILES string of the molecule is CCOC(=O)c1cccc(N(C(=O)CC2c3ccccc3-c3ccccc32)S(C)(=O)=O)c1. The lowest BCUT2D eigenvalue weighted by atomic mass is 9.93. The molecule has 0 radical (unpaired) electrons. The number of hydrogen-bond acceptors (Lipinski definition) is 5. The van der Waals surface area contributed by atoms with Crippen molar-refractivity contribution >= 4 is 27.6 Å². The molecule has 0 spiro atoms. The molecule has 4 rings (SSSR count). The number of fused-ring (bicyclic) bond motifs is 3. The summed E-state index contributed by atoms with van der Waals surface area (Å²) in [5, 5.41) is 0. The molecule has 0 fully saturated rings. The maximum absolute atomic E-state index is 13.4. The van der Waals surface area contributed by atoms with Gasteiger partial charge in [-0.2, -0.15) is 0 Å². The van der Waals surface area contributed by atoms with Crippen LogP contribution in [0, 0.1) is 0 Å². The summed E-state index contributed by atoms with van der Waals surface area (Å²) in [7, 11) is -3.94. The van der Waals surface area contributed by atoms with Crippen molar-refractivity contribution in [2.75, 3.05) is 17.2 Å². The highest BCUT2D eigenvalue weighted by Gasteiger charge is 2.34. The quantitative estimate of drug-likeness (QED) is 0.523. The van der Waals surface area contributed by atoms with Crippen molar-refractivity contribution in [1.82, 2.24) is 0 Å². The Balaban J connectivity index is 1.71. The number of anilines is 1. The lowest BCUT2D eigenvalue weighted by Gasteiger charge is -2.23. The van der Waals surface area contributed by atoms with Crippen molar-refractivity contribution in [3.8, 4) is 11.1 Å². The highest BCUT2D eigenvalue weighted by Crippen LogP contribution is 2.46. The highest BCUT2D eigenvalue weighted by atomic mass is 32.2. The molecule has 1 aliphatic rings. The molecular weight excluding hydrogens is 426 g/mol. The van der Waals surface area contributed by atoms with Gasteiger partial charge in [-0.25, -0.2) is 17.5 Å². The average molecular weight is 450 g/mol. The third-order valence-corrected chi connectivity index (χ3v) is 6.57. The molecule has 0 saturated carbocycles. The predicted molar refractivity (Wildman–Crippen MR) is 123 cm³/mol. The Labute approximate surface area is 187 Å². The van der Waals surface area contributed by atoms with Gasteiger partial charge < -0.3 is 4.74 Å². The Hall–Kier alpha value is -3.45. The van der Waals surface area contributed by atoms with Crippen LogP contribution in [0.25, 0.3) is 11.1 Å². The van der Waals surface area contributed by atoms with Gasteiger partial charge in [0.1, 0.15) is 0 Å². The maximum atomic E-state index is 13.4. The van der Waals surface area contributed by atoms with E-state index < -0.39 is 21.9 Å². The van der Waals surface area contributed by atoms with Gasteiger partial charge in [-0.15, -0.1) is 0 Å². The molecule has 7 heteroatoms. The van der Waals surface area contributed by atoms with E-state index in [1.54, 1.807) is 6.92 Å². The topological polar surface area (TPSA) is 80.8 Å². The Kier molecular flexibility index (Phi) is 5.84. The zero-order valence-electron chi connectivity index (χ0n) is 17.8. The smallest absolute Gasteiger partial charge is 0.338 e. The fourth-order valence-electron chi connectivity index (χ4n) is 4.23. The van der Waals surface area contributed by atoms with Crippen LogP contribution in [0.1, 0.15) is 40.7 Å². The molecule has 0 bridgehead atoms. The van der Waals surface area contributed by atoms with Gasteiger partial charge in [0.15, 0.2) is 0 Å². The van der Waals surface area contributed by atoms with Crippen LogP contribution < -0.4 is 4.31 Å². The Morgan fingerprint density at radius 2 is 1.50 bits per heavy atom. The van der Waals surface area contributed by atoms with Gasteiger partial charge in [0.2, 0.25) is 15.9 Å². The van der Waals surface area contributed by atoms with Crippen molar-refractivity contribution < 1.29 is 22.7 Å². The minimum atomic E-state index is -3.94. The maximum Gasteiger partial charge on any atom is 0.338 e. The molecule has 0 aromatic heterocycles. The summed E-state index contributed by atoms with van der Waals surface area (Å²) in [4.78, 5) is 25.5. The number of sulfonamides is 1. The van der Waals surface area contributed by atoms with E-state index in [4.69, 9.17) is 4.74 Å². The molecule has 0 heterocycles. The molecule has 3 aromatic carbocycles. The summed E-state index contributed by atoms with van der Waals surface area (Å²) in [6.45, 7) is 1.88. The number of benzene rings is 3. The normalized spacial score (nSPS) is 12.7. The van der Waals surface area contributed by atoms with Gasteiger partial charge in [0, 0.05) is 12.3 Å². The van der Waals surface area contributed by atoms with E-state index in [-0.39, 0.29) is 30.2 Å². The summed E-state index contributed by atoms with van der Waals surface area (Å²) >= 11 is 0. The molecule has 164 valence electrons. The first-order chi connectivity index (χ1) is 15.3. The molecule has 0 N–H and O–H groups in total. The molecule has 0 unspecified atom stereocenters. The van der Waals surface area contributed by atoms with Gasteiger partial charge >= 0.3 is 5.97 Å². The van der Waals surface area contributed by atoms with Crippen LogP contribution in [-0.4, -0.2) is 33.2 Å². The van der Waals surface area contributed by atoms with Crippen LogP contribution in [-0.2, 0) is 19.6 Å². The first-order valence-electron chi connectivity index (χ1n) is 10.3. The van der Waals surface area contributed by atoms with Gasteiger partial charge in [-0.05, 0) is 47.4 Å². The largest absolute Gasteiger partial charge is 0.462 e. The van der Waals surface area contributed by atoms with E-state index in [1.807, 2.05) is 48.5 Å². The summed E-state index contributed by atoms with van der Waals surface area (Å²) in [6, 6.07) is 21.6. The molecule has 0 atom stereocenters. The van der Waals surface area contributed by atoms with Crippen LogP contribution in [0.2, 0.25) is 0 Å². The van der Waals surface area contributed by atoms with Crippen LogP contribution in [0.5, 0.6) is 0 Å². The summed E-state index contributed by atoms with van der Waals surface area (Å²) < 4.78 is 31.0. The molecule has 1 aliphatic carbocycles. The fourth-order valence-corrected chi connectivity index (χ4v) is 5.17. The number of ether oxygens (including phenoxy) is 1. The third-order valence-electron chi connectivity index (χ3n) is 5.49. The van der Waals surface area contributed by atoms with Gasteiger partial charge in [-0.3, -0.25) is 4.79 Å². The minimum Gasteiger partial charge on any atom is -0.462 e. The monoisotopic (exact) mass is 449 g/mol. The molecule has 0 saturated heterocycles. The van der Waals surface area contributed by atoms with Crippen molar-refractivity contribution in [2.24, 2.45) is 0 Å². The summed E-state index contributed by atoms with van der Waals surface area (Å²) in [5.74, 6) is -1.40. The Morgan fingerprint density at radius 3 is 2.06 bits per heavy atom. The highest BCUT2D eigenvalue weighted by molar-refractivity contribution is 7.92. The van der Waals surface area contributed by atoms with Gasteiger partial charge in [0.25, 0.3) is 0 Å². The van der Waals surface area contributed by atoms with Crippen molar-refractivity contribution in [2.45, 2.75) is 19.3 Å². The first kappa shape index (κ1) is 21.8. The minimum absolute atomic E-state index is 0.0231. The predicted octanol–water partition coefficient (Wildman–Crippen LogP) is 4.36. The molecular formula is C25H23NO5S. The van der Waals surface area contributed by atoms with Crippen molar-refractivity contribution in [3.05, 3.63) is 89.5 Å². The molecule has 1 amide bonds. The van der Waals surface area contributed by atoms with Gasteiger partial charge in [0.05, 0.1) is 24.1 Å². The van der Waals surface area contributed by atoms with Crippen molar-refractivity contribution in [1.29, 1.82) is 0 Å². The average Bonchev–Trinajstić information content (AvgIpc) is 3.07. The lowest BCUT2D eigenvalue weighted by Crippen LogP contribution is -2.37. The molecule has 3 aromatic rings. The van der Waals surface area contributed by atoms with Crippen LogP contribution in [0.3, 0.4) is 0 Å². The number of rotatable bonds is 6. The molecule has 0 aliphatic heterocycles. The number of amides is 1. The number of carbonyl (C=O) groups is 2. The lowest BCUT2D eigenvalue weighted by molar-refractivity contribution is -0.117. The second-order valence-electron chi connectivity index (χ2n) is 7.62. The van der Waals surface area contributed by atoms with E-state index in [9.17, 15) is 18.0 Å². The van der Waals surface area contributed by atoms with Crippen molar-refractivity contribution in [3.63, 3.8) is 0 Å². The molecule has 6 nitrogen and oxygen atoms in total. The second-order valence-corrected chi connectivity index (χ2v) is 9.45. The Morgan fingerprint density at radius 1 is 0.906 bits per heavy atom. The first-order valence-corrected chi connectivity index (χ1v) is 12.1. The summed E-state index contributed by atoms with van der Waals surface area (Å²) in [6.07, 6.45) is 0.962.